The van der Waals surface area contributed by atoms with E-state index >= 15 is 0 Å². The van der Waals surface area contributed by atoms with Crippen LogP contribution in [0, 0.1) is 5.82 Å². The zero-order chi connectivity index (χ0) is 27.2. The molecule has 0 aromatic heterocycles. The van der Waals surface area contributed by atoms with E-state index in [0.29, 0.717) is 14.9 Å². The number of nitrogens with zero attached hydrogens (tertiary/aromatic N) is 2. The van der Waals surface area contributed by atoms with Crippen LogP contribution in [0.5, 0.6) is 0 Å². The third-order valence-electron chi connectivity index (χ3n) is 5.67. The van der Waals surface area contributed by atoms with E-state index in [-0.39, 0.29) is 23.7 Å². The first-order valence-electron chi connectivity index (χ1n) is 11.2. The molecule has 196 valence electrons. The van der Waals surface area contributed by atoms with Crippen molar-refractivity contribution in [2.45, 2.75) is 19.0 Å². The maximum atomic E-state index is 14.6. The molecule has 3 aromatic rings. The number of benzene rings is 3. The Bertz CT molecular complexity index is 1370. The quantitative estimate of drug-likeness (QED) is 0.397. The average Bonchev–Trinajstić information content (AvgIpc) is 2.85. The van der Waals surface area contributed by atoms with Gasteiger partial charge in [-0.1, -0.05) is 71.7 Å². The summed E-state index contributed by atoms with van der Waals surface area (Å²) in [6, 6.07) is 18.0. The first kappa shape index (κ1) is 28.4. The third kappa shape index (κ3) is 7.44. The lowest BCUT2D eigenvalue weighted by Crippen LogP contribution is -2.53. The van der Waals surface area contributed by atoms with Crippen molar-refractivity contribution in [3.8, 4) is 0 Å². The topological polar surface area (TPSA) is 86.8 Å². The standard InChI is InChI=1S/C26H26Cl2FN3O4S/c1-30-26(34)24(14-18-8-4-3-5-9-18)31(16-19-12-13-20(27)15-21(19)28)25(33)17-32(37(2,35)36)23-11-7-6-10-22(23)29/h3-13,15,24H,14,16-17H2,1-2H3,(H,30,34). The number of likely N-dealkylation sites (N-methyl/N-ethyl adjacent to an activating group) is 1. The molecule has 0 aliphatic carbocycles. The van der Waals surface area contributed by atoms with Gasteiger partial charge in [0.1, 0.15) is 18.4 Å². The maximum absolute atomic E-state index is 14.6. The molecule has 3 rings (SSSR count). The van der Waals surface area contributed by atoms with Crippen LogP contribution in [0.2, 0.25) is 10.0 Å². The zero-order valence-corrected chi connectivity index (χ0v) is 22.5. The highest BCUT2D eigenvalue weighted by Gasteiger charge is 2.33. The van der Waals surface area contributed by atoms with Crippen molar-refractivity contribution in [3.05, 3.63) is 99.8 Å². The van der Waals surface area contributed by atoms with Crippen molar-refractivity contribution >= 4 is 50.7 Å². The van der Waals surface area contributed by atoms with E-state index in [2.05, 4.69) is 5.32 Å². The molecule has 0 spiro atoms. The number of carbonyl (C=O) groups is 2. The Morgan fingerprint density at radius 1 is 1.00 bits per heavy atom. The molecule has 1 atom stereocenters. The van der Waals surface area contributed by atoms with E-state index in [4.69, 9.17) is 23.2 Å². The van der Waals surface area contributed by atoms with Gasteiger partial charge < -0.3 is 10.2 Å². The number of carbonyl (C=O) groups excluding carboxylic acids is 2. The number of amides is 2. The van der Waals surface area contributed by atoms with Crippen LogP contribution in [0.15, 0.2) is 72.8 Å². The van der Waals surface area contributed by atoms with Gasteiger partial charge in [0, 0.05) is 30.1 Å². The highest BCUT2D eigenvalue weighted by molar-refractivity contribution is 7.92. The molecule has 1 unspecified atom stereocenters. The van der Waals surface area contributed by atoms with Gasteiger partial charge in [0.05, 0.1) is 11.9 Å². The second-order valence-electron chi connectivity index (χ2n) is 8.30. The number of nitrogens with one attached hydrogen (secondary N) is 1. The van der Waals surface area contributed by atoms with Crippen LogP contribution in [-0.2, 0) is 32.6 Å². The van der Waals surface area contributed by atoms with E-state index in [9.17, 15) is 22.4 Å². The highest BCUT2D eigenvalue weighted by atomic mass is 35.5. The average molecular weight is 566 g/mol. The number of halogens is 3. The minimum Gasteiger partial charge on any atom is -0.357 e. The Labute approximate surface area is 225 Å². The van der Waals surface area contributed by atoms with Crippen LogP contribution < -0.4 is 9.62 Å². The van der Waals surface area contributed by atoms with E-state index in [1.54, 1.807) is 12.1 Å². The van der Waals surface area contributed by atoms with E-state index in [1.807, 2.05) is 30.3 Å². The van der Waals surface area contributed by atoms with E-state index in [0.717, 1.165) is 17.9 Å². The van der Waals surface area contributed by atoms with Gasteiger partial charge in [0.2, 0.25) is 21.8 Å². The Morgan fingerprint density at radius 3 is 2.24 bits per heavy atom. The molecule has 37 heavy (non-hydrogen) atoms. The van der Waals surface area contributed by atoms with E-state index < -0.39 is 40.2 Å². The normalized spacial score (nSPS) is 12.0. The summed E-state index contributed by atoms with van der Waals surface area (Å²) in [7, 11) is -2.62. The molecule has 0 saturated carbocycles. The lowest BCUT2D eigenvalue weighted by atomic mass is 10.0. The summed E-state index contributed by atoms with van der Waals surface area (Å²) in [4.78, 5) is 28.1. The molecule has 0 heterocycles. The van der Waals surface area contributed by atoms with Gasteiger partial charge in [0.25, 0.3) is 0 Å². The first-order chi connectivity index (χ1) is 17.5. The van der Waals surface area contributed by atoms with Crippen LogP contribution in [0.1, 0.15) is 11.1 Å². The Kier molecular flexibility index (Phi) is 9.53. The molecule has 0 radical (unpaired) electrons. The minimum atomic E-state index is -4.06. The van der Waals surface area contributed by atoms with Gasteiger partial charge in [0.15, 0.2) is 0 Å². The van der Waals surface area contributed by atoms with E-state index in [1.165, 1.54) is 36.2 Å². The van der Waals surface area contributed by atoms with Crippen LogP contribution in [-0.4, -0.2) is 51.0 Å². The fraction of sp³-hybridized carbons (Fsp3) is 0.231. The van der Waals surface area contributed by atoms with Gasteiger partial charge in [-0.3, -0.25) is 13.9 Å². The number of anilines is 1. The molecule has 7 nitrogen and oxygen atoms in total. The molecule has 11 heteroatoms. The molecule has 0 bridgehead atoms. The summed E-state index contributed by atoms with van der Waals surface area (Å²) in [5.74, 6) is -1.98. The second kappa shape index (κ2) is 12.4. The molecule has 0 fully saturated rings. The number of sulfonamides is 1. The van der Waals surface area contributed by atoms with Gasteiger partial charge in [-0.25, -0.2) is 12.8 Å². The summed E-state index contributed by atoms with van der Waals surface area (Å²) in [6.07, 6.45) is 1.03. The van der Waals surface area contributed by atoms with Gasteiger partial charge in [-0.05, 0) is 35.4 Å². The summed E-state index contributed by atoms with van der Waals surface area (Å²) < 4.78 is 40.5. The van der Waals surface area contributed by atoms with Crippen molar-refractivity contribution in [3.63, 3.8) is 0 Å². The smallest absolute Gasteiger partial charge is 0.244 e. The number of para-hydroxylation sites is 1. The number of rotatable bonds is 10. The Balaban J connectivity index is 2.06. The third-order valence-corrected chi connectivity index (χ3v) is 7.39. The Hall–Kier alpha value is -3.14. The first-order valence-corrected chi connectivity index (χ1v) is 13.8. The fourth-order valence-corrected chi connectivity index (χ4v) is 5.12. The van der Waals surface area contributed by atoms with Gasteiger partial charge in [-0.2, -0.15) is 0 Å². The monoisotopic (exact) mass is 565 g/mol. The highest BCUT2D eigenvalue weighted by Crippen LogP contribution is 2.26. The SMILES string of the molecule is CNC(=O)C(Cc1ccccc1)N(Cc1ccc(Cl)cc1Cl)C(=O)CN(c1ccccc1F)S(C)(=O)=O. The van der Waals surface area contributed by atoms with Crippen molar-refractivity contribution in [2.75, 3.05) is 24.2 Å². The van der Waals surface area contributed by atoms with Crippen LogP contribution in [0.3, 0.4) is 0 Å². The molecule has 0 saturated heterocycles. The lowest BCUT2D eigenvalue weighted by molar-refractivity contribution is -0.139. The maximum Gasteiger partial charge on any atom is 0.244 e. The summed E-state index contributed by atoms with van der Waals surface area (Å²) in [6.45, 7) is -0.845. The largest absolute Gasteiger partial charge is 0.357 e. The second-order valence-corrected chi connectivity index (χ2v) is 11.0. The molecular weight excluding hydrogens is 540 g/mol. The predicted molar refractivity (Wildman–Crippen MR) is 144 cm³/mol. The molecule has 2 amide bonds. The summed E-state index contributed by atoms with van der Waals surface area (Å²) >= 11 is 12.4. The molecule has 0 aliphatic rings. The summed E-state index contributed by atoms with van der Waals surface area (Å²) in [5, 5.41) is 3.24. The number of hydrogen-bond acceptors (Lipinski definition) is 4. The van der Waals surface area contributed by atoms with Crippen molar-refractivity contribution in [1.29, 1.82) is 0 Å². The zero-order valence-electron chi connectivity index (χ0n) is 20.2. The summed E-state index contributed by atoms with van der Waals surface area (Å²) in [5.41, 5.74) is 1.01. The Morgan fingerprint density at radius 2 is 1.65 bits per heavy atom. The molecular formula is C26H26Cl2FN3O4S. The van der Waals surface area contributed by atoms with Crippen molar-refractivity contribution in [1.82, 2.24) is 10.2 Å². The lowest BCUT2D eigenvalue weighted by Gasteiger charge is -2.33. The van der Waals surface area contributed by atoms with Crippen molar-refractivity contribution < 1.29 is 22.4 Å². The van der Waals surface area contributed by atoms with Crippen LogP contribution in [0.25, 0.3) is 0 Å². The molecule has 3 aromatic carbocycles. The number of hydrogen-bond donors (Lipinski definition) is 1. The molecule has 0 aliphatic heterocycles. The van der Waals surface area contributed by atoms with Crippen LogP contribution >= 0.6 is 23.2 Å². The van der Waals surface area contributed by atoms with Crippen LogP contribution in [0.4, 0.5) is 10.1 Å². The predicted octanol–water partition coefficient (Wildman–Crippen LogP) is 4.28. The minimum absolute atomic E-state index is 0.116. The molecule has 1 N–H and O–H groups in total. The van der Waals surface area contributed by atoms with Gasteiger partial charge in [-0.15, -0.1) is 0 Å². The van der Waals surface area contributed by atoms with Gasteiger partial charge >= 0.3 is 0 Å². The van der Waals surface area contributed by atoms with Crippen molar-refractivity contribution in [2.24, 2.45) is 0 Å². The fourth-order valence-electron chi connectivity index (χ4n) is 3.80.